The van der Waals surface area contributed by atoms with E-state index in [0.717, 1.165) is 0 Å². The van der Waals surface area contributed by atoms with E-state index in [1.807, 2.05) is 0 Å². The number of hydrogen-bond acceptors (Lipinski definition) is 5. The van der Waals surface area contributed by atoms with Gasteiger partial charge in [0.2, 0.25) is 0 Å². The predicted molar refractivity (Wildman–Crippen MR) is 44.9 cm³/mol. The molecule has 0 rings (SSSR count). The Balaban J connectivity index is 0. The van der Waals surface area contributed by atoms with Crippen LogP contribution in [0.25, 0.3) is 0 Å². The van der Waals surface area contributed by atoms with E-state index in [1.165, 1.54) is 13.8 Å². The van der Waals surface area contributed by atoms with Crippen molar-refractivity contribution in [3.63, 3.8) is 0 Å². The zero-order valence-corrected chi connectivity index (χ0v) is 12.4. The van der Waals surface area contributed by atoms with Gasteiger partial charge in [-0.3, -0.25) is 0 Å². The third kappa shape index (κ3) is 9.32. The summed E-state index contributed by atoms with van der Waals surface area (Å²) in [5.41, 5.74) is 0.162. The van der Waals surface area contributed by atoms with Gasteiger partial charge in [0.05, 0.1) is 15.9 Å². The van der Waals surface area contributed by atoms with Gasteiger partial charge in [-0.2, -0.15) is 0 Å². The first kappa shape index (κ1) is 17.2. The van der Waals surface area contributed by atoms with Crippen molar-refractivity contribution in [3.05, 3.63) is 12.2 Å². The number of carbonyl (C=O) groups excluding carboxylic acids is 1. The minimum absolute atomic E-state index is 0. The number of carbonyl (C=O) groups is 1. The van der Waals surface area contributed by atoms with E-state index in [9.17, 15) is 17.8 Å². The molecule has 7 heteroatoms. The van der Waals surface area contributed by atoms with Crippen LogP contribution in [0.4, 0.5) is 0 Å². The van der Waals surface area contributed by atoms with E-state index >= 15 is 0 Å². The second kappa shape index (κ2) is 7.10. The van der Waals surface area contributed by atoms with Gasteiger partial charge in [0.25, 0.3) is 0 Å². The number of esters is 1. The van der Waals surface area contributed by atoms with Crippen molar-refractivity contribution in [1.82, 2.24) is 0 Å². The quantitative estimate of drug-likeness (QED) is 0.229. The van der Waals surface area contributed by atoms with Crippen molar-refractivity contribution in [2.45, 2.75) is 20.0 Å². The Morgan fingerprint density at radius 2 is 2.00 bits per heavy atom. The number of rotatable bonds is 4. The summed E-state index contributed by atoms with van der Waals surface area (Å²) in [6.45, 7) is 6.06. The Hall–Kier alpha value is 0.756. The van der Waals surface area contributed by atoms with E-state index in [1.54, 1.807) is 0 Å². The maximum atomic E-state index is 10.8. The first-order chi connectivity index (χ1) is 5.72. The van der Waals surface area contributed by atoms with Crippen LogP contribution in [0.2, 0.25) is 0 Å². The van der Waals surface area contributed by atoms with E-state index in [4.69, 9.17) is 0 Å². The molecule has 14 heavy (non-hydrogen) atoms. The molecule has 1 unspecified atom stereocenters. The third-order valence-corrected chi connectivity index (χ3v) is 1.97. The smallest absolute Gasteiger partial charge is 0.748 e. The topological polar surface area (TPSA) is 83.5 Å². The van der Waals surface area contributed by atoms with E-state index in [-0.39, 0.29) is 57.0 Å². The molecular formula is C7H11KO5S. The van der Waals surface area contributed by atoms with Crippen molar-refractivity contribution < 1.29 is 73.9 Å². The molecular weight excluding hydrogens is 235 g/mol. The number of ether oxygens (including phenoxy) is 1. The second-order valence-corrected chi connectivity index (χ2v) is 4.17. The van der Waals surface area contributed by atoms with Gasteiger partial charge in [-0.25, -0.2) is 13.2 Å². The largest absolute Gasteiger partial charge is 1.00 e. The molecule has 0 radical (unpaired) electrons. The summed E-state index contributed by atoms with van der Waals surface area (Å²) in [7, 11) is -4.35. The zero-order chi connectivity index (χ0) is 10.6. The average Bonchev–Trinajstić information content (AvgIpc) is 1.81. The molecule has 0 amide bonds. The van der Waals surface area contributed by atoms with Crippen LogP contribution in [0.15, 0.2) is 12.2 Å². The summed E-state index contributed by atoms with van der Waals surface area (Å²) in [4.78, 5) is 10.8. The molecule has 0 aromatic carbocycles. The molecule has 0 spiro atoms. The van der Waals surface area contributed by atoms with Crippen molar-refractivity contribution in [2.75, 3.05) is 5.75 Å². The third-order valence-electron chi connectivity index (χ3n) is 1.10. The molecule has 76 valence electrons. The Labute approximate surface area is 126 Å². The molecule has 5 nitrogen and oxygen atoms in total. The fourth-order valence-electron chi connectivity index (χ4n) is 0.605. The predicted octanol–water partition coefficient (Wildman–Crippen LogP) is -2.96. The Morgan fingerprint density at radius 1 is 1.57 bits per heavy atom. The molecule has 0 bridgehead atoms. The van der Waals surface area contributed by atoms with E-state index < -0.39 is 27.9 Å². The second-order valence-electron chi connectivity index (χ2n) is 2.72. The summed E-state index contributed by atoms with van der Waals surface area (Å²) >= 11 is 0. The summed E-state index contributed by atoms with van der Waals surface area (Å²) in [6.07, 6.45) is -0.938. The van der Waals surface area contributed by atoms with Gasteiger partial charge in [0.1, 0.15) is 6.10 Å². The van der Waals surface area contributed by atoms with Gasteiger partial charge in [0, 0.05) is 5.57 Å². The SMILES string of the molecule is C=C(C)C(=O)OC(C)CS(=O)(=O)[O-].[K+]. The molecule has 0 heterocycles. The van der Waals surface area contributed by atoms with E-state index in [2.05, 4.69) is 11.3 Å². The molecule has 0 aromatic rings. The molecule has 0 aromatic heterocycles. The Morgan fingerprint density at radius 3 is 2.29 bits per heavy atom. The van der Waals surface area contributed by atoms with E-state index in [0.29, 0.717) is 0 Å². The van der Waals surface area contributed by atoms with Crippen molar-refractivity contribution in [2.24, 2.45) is 0 Å². The van der Waals surface area contributed by atoms with Crippen LogP contribution in [0, 0.1) is 0 Å². The van der Waals surface area contributed by atoms with Crippen LogP contribution >= 0.6 is 0 Å². The first-order valence-corrected chi connectivity index (χ1v) is 5.10. The maximum Gasteiger partial charge on any atom is 1.00 e. The number of hydrogen-bond donors (Lipinski definition) is 0. The van der Waals surface area contributed by atoms with Crippen LogP contribution in [-0.2, 0) is 19.6 Å². The van der Waals surface area contributed by atoms with Crippen molar-refractivity contribution in [3.8, 4) is 0 Å². The first-order valence-electron chi connectivity index (χ1n) is 3.52. The minimum Gasteiger partial charge on any atom is -0.748 e. The van der Waals surface area contributed by atoms with Gasteiger partial charge < -0.3 is 9.29 Å². The summed E-state index contributed by atoms with van der Waals surface area (Å²) in [5, 5.41) is 0. The van der Waals surface area contributed by atoms with Gasteiger partial charge >= 0.3 is 57.4 Å². The zero-order valence-electron chi connectivity index (χ0n) is 8.44. The van der Waals surface area contributed by atoms with Crippen molar-refractivity contribution in [1.29, 1.82) is 0 Å². The standard InChI is InChI=1S/C7H12O5S.K/c1-5(2)7(8)12-6(3)4-13(9,10)11;/h6H,1,4H2,2-3H3,(H,9,10,11);/q;+1/p-1. The Kier molecular flexibility index (Phi) is 8.70. The van der Waals surface area contributed by atoms with Crippen molar-refractivity contribution >= 4 is 16.1 Å². The van der Waals surface area contributed by atoms with Gasteiger partial charge in [-0.1, -0.05) is 6.58 Å². The van der Waals surface area contributed by atoms with Crippen LogP contribution in [0.5, 0.6) is 0 Å². The molecule has 0 N–H and O–H groups in total. The van der Waals surface area contributed by atoms with Crippen LogP contribution in [0.1, 0.15) is 13.8 Å². The normalized spacial score (nSPS) is 12.5. The molecule has 0 saturated heterocycles. The summed E-state index contributed by atoms with van der Waals surface area (Å²) in [6, 6.07) is 0. The molecule has 0 saturated carbocycles. The van der Waals surface area contributed by atoms with Crippen LogP contribution in [-0.4, -0.2) is 30.8 Å². The fourth-order valence-corrected chi connectivity index (χ4v) is 1.25. The Bertz CT molecular complexity index is 308. The molecule has 1 atom stereocenters. The molecule has 0 aliphatic carbocycles. The summed E-state index contributed by atoms with van der Waals surface area (Å²) in [5.74, 6) is -1.41. The average molecular weight is 246 g/mol. The van der Waals surface area contributed by atoms with Gasteiger partial charge in [-0.05, 0) is 13.8 Å². The molecule has 0 fully saturated rings. The summed E-state index contributed by atoms with van der Waals surface area (Å²) < 4.78 is 35.2. The minimum atomic E-state index is -4.35. The monoisotopic (exact) mass is 246 g/mol. The van der Waals surface area contributed by atoms with Gasteiger partial charge in [-0.15, -0.1) is 0 Å². The van der Waals surface area contributed by atoms with Crippen LogP contribution < -0.4 is 51.4 Å². The van der Waals surface area contributed by atoms with Gasteiger partial charge in [0.15, 0.2) is 0 Å². The maximum absolute atomic E-state index is 10.8. The van der Waals surface area contributed by atoms with Crippen LogP contribution in [0.3, 0.4) is 0 Å². The molecule has 0 aliphatic rings. The fraction of sp³-hybridized carbons (Fsp3) is 0.571. The molecule has 0 aliphatic heterocycles.